The standard InChI is InChI=1S/C14H21ClN2O2/c1-11(14(18)19)10-17(8-7-16(2)3)13-6-4-5-12(15)9-13/h4-6,9,11H,7-8,10H2,1-3H3,(H,18,19). The Labute approximate surface area is 119 Å². The van der Waals surface area contributed by atoms with Gasteiger partial charge in [0.1, 0.15) is 0 Å². The average molecular weight is 285 g/mol. The molecule has 0 radical (unpaired) electrons. The van der Waals surface area contributed by atoms with E-state index in [9.17, 15) is 4.79 Å². The van der Waals surface area contributed by atoms with Crippen LogP contribution in [0, 0.1) is 5.92 Å². The molecule has 0 bridgehead atoms. The maximum Gasteiger partial charge on any atom is 0.308 e. The topological polar surface area (TPSA) is 43.8 Å². The molecule has 0 amide bonds. The Morgan fingerprint density at radius 2 is 2.05 bits per heavy atom. The third-order valence-electron chi connectivity index (χ3n) is 2.91. The van der Waals surface area contributed by atoms with Crippen molar-refractivity contribution in [2.24, 2.45) is 5.92 Å². The van der Waals surface area contributed by atoms with Gasteiger partial charge in [-0.15, -0.1) is 0 Å². The van der Waals surface area contributed by atoms with Crippen molar-refractivity contribution in [3.63, 3.8) is 0 Å². The number of benzene rings is 1. The molecule has 0 spiro atoms. The van der Waals surface area contributed by atoms with Crippen LogP contribution in [0.4, 0.5) is 5.69 Å². The van der Waals surface area contributed by atoms with Gasteiger partial charge in [-0.05, 0) is 32.3 Å². The van der Waals surface area contributed by atoms with Gasteiger partial charge < -0.3 is 14.9 Å². The fourth-order valence-electron chi connectivity index (χ4n) is 1.73. The van der Waals surface area contributed by atoms with Crippen molar-refractivity contribution in [3.8, 4) is 0 Å². The maximum absolute atomic E-state index is 11.0. The molecule has 0 saturated carbocycles. The minimum atomic E-state index is -0.781. The van der Waals surface area contributed by atoms with Crippen molar-refractivity contribution >= 4 is 23.3 Å². The predicted molar refractivity (Wildman–Crippen MR) is 79.0 cm³/mol. The highest BCUT2D eigenvalue weighted by Gasteiger charge is 2.16. The molecule has 0 heterocycles. The lowest BCUT2D eigenvalue weighted by atomic mass is 10.1. The van der Waals surface area contributed by atoms with Crippen LogP contribution in [0.15, 0.2) is 24.3 Å². The summed E-state index contributed by atoms with van der Waals surface area (Å²) in [7, 11) is 3.99. The molecule has 1 aromatic rings. The lowest BCUT2D eigenvalue weighted by molar-refractivity contribution is -0.140. The number of halogens is 1. The quantitative estimate of drug-likeness (QED) is 0.835. The van der Waals surface area contributed by atoms with Crippen molar-refractivity contribution in [1.82, 2.24) is 4.90 Å². The summed E-state index contributed by atoms with van der Waals surface area (Å²) in [4.78, 5) is 15.1. The summed E-state index contributed by atoms with van der Waals surface area (Å²) in [6, 6.07) is 7.52. The number of carboxylic acid groups (broad SMARTS) is 1. The molecule has 0 saturated heterocycles. The number of hydrogen-bond donors (Lipinski definition) is 1. The largest absolute Gasteiger partial charge is 0.481 e. The van der Waals surface area contributed by atoms with E-state index >= 15 is 0 Å². The first-order valence-corrected chi connectivity index (χ1v) is 6.66. The van der Waals surface area contributed by atoms with Crippen LogP contribution in [0.1, 0.15) is 6.92 Å². The number of carbonyl (C=O) groups is 1. The van der Waals surface area contributed by atoms with E-state index in [0.717, 1.165) is 18.8 Å². The zero-order chi connectivity index (χ0) is 14.4. The molecule has 19 heavy (non-hydrogen) atoms. The van der Waals surface area contributed by atoms with Crippen molar-refractivity contribution in [2.75, 3.05) is 38.6 Å². The van der Waals surface area contributed by atoms with Crippen molar-refractivity contribution in [3.05, 3.63) is 29.3 Å². The van der Waals surface area contributed by atoms with Crippen molar-refractivity contribution in [1.29, 1.82) is 0 Å². The molecule has 1 N–H and O–H groups in total. The minimum absolute atomic E-state index is 0.416. The molecule has 1 aromatic carbocycles. The molecular formula is C14H21ClN2O2. The highest BCUT2D eigenvalue weighted by atomic mass is 35.5. The van der Waals surface area contributed by atoms with Gasteiger partial charge in [0.25, 0.3) is 0 Å². The van der Waals surface area contributed by atoms with E-state index in [1.54, 1.807) is 6.92 Å². The second kappa shape index (κ2) is 7.36. The van der Waals surface area contributed by atoms with Crippen LogP contribution < -0.4 is 4.90 Å². The highest BCUT2D eigenvalue weighted by Crippen LogP contribution is 2.20. The molecule has 4 nitrogen and oxygen atoms in total. The third-order valence-corrected chi connectivity index (χ3v) is 3.14. The Kier molecular flexibility index (Phi) is 6.12. The number of rotatable bonds is 7. The number of carboxylic acids is 1. The summed E-state index contributed by atoms with van der Waals surface area (Å²) in [6.45, 7) is 3.82. The number of anilines is 1. The first-order chi connectivity index (χ1) is 8.90. The molecule has 0 fully saturated rings. The molecule has 0 aromatic heterocycles. The highest BCUT2D eigenvalue weighted by molar-refractivity contribution is 6.30. The van der Waals surface area contributed by atoms with Crippen LogP contribution in [0.5, 0.6) is 0 Å². The van der Waals surface area contributed by atoms with Crippen LogP contribution in [0.3, 0.4) is 0 Å². The molecule has 1 unspecified atom stereocenters. The summed E-state index contributed by atoms with van der Waals surface area (Å²) in [5, 5.41) is 9.71. The van der Waals surface area contributed by atoms with Gasteiger partial charge >= 0.3 is 5.97 Å². The Balaban J connectivity index is 2.82. The van der Waals surface area contributed by atoms with Gasteiger partial charge in [-0.1, -0.05) is 24.6 Å². The van der Waals surface area contributed by atoms with E-state index in [2.05, 4.69) is 9.80 Å². The van der Waals surface area contributed by atoms with Gasteiger partial charge in [0.15, 0.2) is 0 Å². The van der Waals surface area contributed by atoms with Crippen molar-refractivity contribution < 1.29 is 9.90 Å². The predicted octanol–water partition coefficient (Wildman–Crippen LogP) is 2.43. The van der Waals surface area contributed by atoms with E-state index < -0.39 is 11.9 Å². The second-order valence-corrected chi connectivity index (χ2v) is 5.40. The molecule has 106 valence electrons. The van der Waals surface area contributed by atoms with Crippen LogP contribution in [0.25, 0.3) is 0 Å². The Morgan fingerprint density at radius 1 is 1.37 bits per heavy atom. The Hall–Kier alpha value is -1.26. The molecule has 1 rings (SSSR count). The normalized spacial score (nSPS) is 12.5. The third kappa shape index (κ3) is 5.49. The van der Waals surface area contributed by atoms with Gasteiger partial charge in [0.2, 0.25) is 0 Å². The monoisotopic (exact) mass is 284 g/mol. The van der Waals surface area contributed by atoms with E-state index in [4.69, 9.17) is 16.7 Å². The van der Waals surface area contributed by atoms with E-state index in [1.807, 2.05) is 38.4 Å². The summed E-state index contributed by atoms with van der Waals surface area (Å²) in [5.74, 6) is -1.20. The molecule has 0 aliphatic rings. The Bertz CT molecular complexity index is 424. The average Bonchev–Trinajstić information content (AvgIpc) is 2.33. The molecular weight excluding hydrogens is 264 g/mol. The lowest BCUT2D eigenvalue weighted by Gasteiger charge is -2.28. The first kappa shape index (κ1) is 15.8. The lowest BCUT2D eigenvalue weighted by Crippen LogP contribution is -2.36. The van der Waals surface area contributed by atoms with Gasteiger partial charge in [0, 0.05) is 30.3 Å². The van der Waals surface area contributed by atoms with Crippen molar-refractivity contribution in [2.45, 2.75) is 6.92 Å². The second-order valence-electron chi connectivity index (χ2n) is 4.97. The maximum atomic E-state index is 11.0. The van der Waals surface area contributed by atoms with Gasteiger partial charge in [-0.2, -0.15) is 0 Å². The fraction of sp³-hybridized carbons (Fsp3) is 0.500. The van der Waals surface area contributed by atoms with E-state index in [0.29, 0.717) is 11.6 Å². The van der Waals surface area contributed by atoms with E-state index in [-0.39, 0.29) is 0 Å². The summed E-state index contributed by atoms with van der Waals surface area (Å²) in [6.07, 6.45) is 0. The zero-order valence-corrected chi connectivity index (χ0v) is 12.4. The number of nitrogens with zero attached hydrogens (tertiary/aromatic N) is 2. The smallest absolute Gasteiger partial charge is 0.308 e. The zero-order valence-electron chi connectivity index (χ0n) is 11.6. The van der Waals surface area contributed by atoms with Gasteiger partial charge in [-0.25, -0.2) is 0 Å². The number of likely N-dealkylation sites (N-methyl/N-ethyl adjacent to an activating group) is 1. The van der Waals surface area contributed by atoms with Crippen LogP contribution in [0.2, 0.25) is 5.02 Å². The fourth-order valence-corrected chi connectivity index (χ4v) is 1.91. The molecule has 5 heteroatoms. The number of hydrogen-bond acceptors (Lipinski definition) is 3. The SMILES string of the molecule is CC(CN(CCN(C)C)c1cccc(Cl)c1)C(=O)O. The first-order valence-electron chi connectivity index (χ1n) is 6.28. The van der Waals surface area contributed by atoms with E-state index in [1.165, 1.54) is 0 Å². The molecule has 0 aliphatic heterocycles. The number of aliphatic carboxylic acids is 1. The Morgan fingerprint density at radius 3 is 2.58 bits per heavy atom. The molecule has 1 atom stereocenters. The van der Waals surface area contributed by atoms with Gasteiger partial charge in [-0.3, -0.25) is 4.79 Å². The van der Waals surface area contributed by atoms with Crippen LogP contribution in [-0.2, 0) is 4.79 Å². The summed E-state index contributed by atoms with van der Waals surface area (Å²) in [5.41, 5.74) is 0.961. The summed E-state index contributed by atoms with van der Waals surface area (Å²) < 4.78 is 0. The van der Waals surface area contributed by atoms with Crippen LogP contribution >= 0.6 is 11.6 Å². The van der Waals surface area contributed by atoms with Gasteiger partial charge in [0.05, 0.1) is 5.92 Å². The molecule has 0 aliphatic carbocycles. The summed E-state index contributed by atoms with van der Waals surface area (Å²) >= 11 is 6.00. The van der Waals surface area contributed by atoms with Crippen LogP contribution in [-0.4, -0.2) is 49.7 Å². The minimum Gasteiger partial charge on any atom is -0.481 e.